The number of para-hydroxylation sites is 2. The van der Waals surface area contributed by atoms with Gasteiger partial charge in [0.1, 0.15) is 18.1 Å². The zero-order valence-corrected chi connectivity index (χ0v) is 17.0. The predicted octanol–water partition coefficient (Wildman–Crippen LogP) is 6.47. The summed E-state index contributed by atoms with van der Waals surface area (Å²) >= 11 is 1.40. The Morgan fingerprint density at radius 2 is 1.23 bits per heavy atom. The number of aldehydes is 1. The number of carbonyl (C=O) groups excluding carboxylic acids is 1. The molecule has 0 aliphatic carbocycles. The van der Waals surface area contributed by atoms with Crippen molar-refractivity contribution in [3.8, 4) is 21.9 Å². The third-order valence-corrected chi connectivity index (χ3v) is 6.07. The van der Waals surface area contributed by atoms with Crippen molar-refractivity contribution in [1.82, 2.24) is 0 Å². The number of anilines is 3. The summed E-state index contributed by atoms with van der Waals surface area (Å²) in [5, 5.41) is 0. The van der Waals surface area contributed by atoms with E-state index in [1.54, 1.807) is 0 Å². The molecule has 3 aromatic carbocycles. The Hall–Kier alpha value is -3.57. The molecule has 30 heavy (non-hydrogen) atoms. The van der Waals surface area contributed by atoms with Gasteiger partial charge < -0.3 is 14.4 Å². The summed E-state index contributed by atoms with van der Waals surface area (Å²) in [5.74, 6) is 1.24. The second-order valence-corrected chi connectivity index (χ2v) is 7.87. The van der Waals surface area contributed by atoms with Gasteiger partial charge in [0.2, 0.25) is 0 Å². The van der Waals surface area contributed by atoms with E-state index in [1.165, 1.54) is 11.3 Å². The van der Waals surface area contributed by atoms with Crippen molar-refractivity contribution in [3.63, 3.8) is 0 Å². The quantitative estimate of drug-likeness (QED) is 0.352. The highest BCUT2D eigenvalue weighted by Crippen LogP contribution is 2.49. The molecule has 0 saturated heterocycles. The summed E-state index contributed by atoms with van der Waals surface area (Å²) in [6, 6.07) is 28.9. The number of thiophene rings is 1. The Morgan fingerprint density at radius 3 is 1.80 bits per heavy atom. The van der Waals surface area contributed by atoms with Crippen molar-refractivity contribution in [1.29, 1.82) is 0 Å². The molecule has 4 nitrogen and oxygen atoms in total. The van der Waals surface area contributed by atoms with Crippen LogP contribution in [0.5, 0.6) is 11.5 Å². The summed E-state index contributed by atoms with van der Waals surface area (Å²) in [6.07, 6.45) is 0.836. The second kappa shape index (κ2) is 8.05. The second-order valence-electron chi connectivity index (χ2n) is 6.82. The molecule has 5 rings (SSSR count). The molecule has 0 saturated carbocycles. The smallest absolute Gasteiger partial charge is 0.183 e. The fourth-order valence-corrected chi connectivity index (χ4v) is 4.61. The van der Waals surface area contributed by atoms with Crippen LogP contribution in [0.25, 0.3) is 10.4 Å². The van der Waals surface area contributed by atoms with Crippen LogP contribution in [0.1, 0.15) is 9.67 Å². The highest BCUT2D eigenvalue weighted by molar-refractivity contribution is 7.18. The van der Waals surface area contributed by atoms with Gasteiger partial charge in [-0.1, -0.05) is 48.5 Å². The Balaban J connectivity index is 1.55. The van der Waals surface area contributed by atoms with Crippen molar-refractivity contribution < 1.29 is 14.3 Å². The normalized spacial score (nSPS) is 12.4. The molecule has 0 atom stereocenters. The zero-order chi connectivity index (χ0) is 20.3. The summed E-state index contributed by atoms with van der Waals surface area (Å²) in [6.45, 7) is 0.953. The number of ether oxygens (including phenoxy) is 2. The van der Waals surface area contributed by atoms with Crippen LogP contribution in [0.15, 0.2) is 84.9 Å². The highest BCUT2D eigenvalue weighted by atomic mass is 32.1. The molecule has 0 fully saturated rings. The van der Waals surface area contributed by atoms with E-state index in [4.69, 9.17) is 9.47 Å². The molecule has 0 radical (unpaired) electrons. The number of hydrogen-bond acceptors (Lipinski definition) is 5. The first-order chi connectivity index (χ1) is 14.8. The first-order valence-corrected chi connectivity index (χ1v) is 10.5. The number of fused-ring (bicyclic) bond motifs is 1. The zero-order valence-electron chi connectivity index (χ0n) is 16.2. The minimum absolute atomic E-state index is 0.464. The average Bonchev–Trinajstić information content (AvgIpc) is 3.20. The van der Waals surface area contributed by atoms with Crippen molar-refractivity contribution in [3.05, 3.63) is 89.8 Å². The van der Waals surface area contributed by atoms with Gasteiger partial charge in [0, 0.05) is 17.1 Å². The van der Waals surface area contributed by atoms with Crippen LogP contribution in [0.2, 0.25) is 0 Å². The topological polar surface area (TPSA) is 38.8 Å². The van der Waals surface area contributed by atoms with Gasteiger partial charge in [0.25, 0.3) is 0 Å². The SMILES string of the molecule is O=Cc1sc(-c2ccc(N(c3ccccc3)c3ccccc3)cc2)c2c1OCCO2. The molecule has 5 heteroatoms. The third-order valence-electron chi connectivity index (χ3n) is 4.95. The minimum atomic E-state index is 0.464. The maximum absolute atomic E-state index is 11.4. The maximum Gasteiger partial charge on any atom is 0.183 e. The average molecular weight is 413 g/mol. The van der Waals surface area contributed by atoms with Crippen molar-refractivity contribution in [2.75, 3.05) is 18.1 Å². The molecule has 4 aromatic rings. The number of nitrogens with zero attached hydrogens (tertiary/aromatic N) is 1. The number of rotatable bonds is 5. The largest absolute Gasteiger partial charge is 0.485 e. The summed E-state index contributed by atoms with van der Waals surface area (Å²) in [5.41, 5.74) is 4.23. The van der Waals surface area contributed by atoms with Crippen molar-refractivity contribution in [2.24, 2.45) is 0 Å². The molecule has 0 bridgehead atoms. The van der Waals surface area contributed by atoms with E-state index in [0.717, 1.165) is 33.8 Å². The van der Waals surface area contributed by atoms with Gasteiger partial charge in [-0.2, -0.15) is 0 Å². The Morgan fingerprint density at radius 1 is 0.700 bits per heavy atom. The molecule has 0 spiro atoms. The Labute approximate surface area is 178 Å². The van der Waals surface area contributed by atoms with Crippen LogP contribution in [-0.4, -0.2) is 19.5 Å². The van der Waals surface area contributed by atoms with Gasteiger partial charge in [-0.25, -0.2) is 0 Å². The van der Waals surface area contributed by atoms with Crippen LogP contribution in [0.3, 0.4) is 0 Å². The lowest BCUT2D eigenvalue weighted by Crippen LogP contribution is -2.15. The van der Waals surface area contributed by atoms with Gasteiger partial charge in [-0.15, -0.1) is 11.3 Å². The molecule has 148 valence electrons. The molecule has 2 heterocycles. The molecular formula is C25H19NO3S. The van der Waals surface area contributed by atoms with E-state index in [9.17, 15) is 4.79 Å². The van der Waals surface area contributed by atoms with Gasteiger partial charge in [0.05, 0.1) is 4.88 Å². The number of benzene rings is 3. The Kier molecular flexibility index (Phi) is 4.95. The third kappa shape index (κ3) is 3.33. The van der Waals surface area contributed by atoms with Crippen LogP contribution < -0.4 is 14.4 Å². The van der Waals surface area contributed by atoms with Crippen LogP contribution in [0, 0.1) is 0 Å². The van der Waals surface area contributed by atoms with E-state index in [2.05, 4.69) is 53.4 Å². The monoisotopic (exact) mass is 413 g/mol. The molecular weight excluding hydrogens is 394 g/mol. The number of carbonyl (C=O) groups is 1. The van der Waals surface area contributed by atoms with Gasteiger partial charge in [0.15, 0.2) is 17.8 Å². The summed E-state index contributed by atoms with van der Waals surface area (Å²) in [4.78, 5) is 15.2. The van der Waals surface area contributed by atoms with Gasteiger partial charge in [-0.05, 0) is 42.0 Å². The van der Waals surface area contributed by atoms with E-state index in [1.807, 2.05) is 36.4 Å². The lowest BCUT2D eigenvalue weighted by molar-refractivity contribution is 0.111. The van der Waals surface area contributed by atoms with Crippen LogP contribution >= 0.6 is 11.3 Å². The van der Waals surface area contributed by atoms with Gasteiger partial charge >= 0.3 is 0 Å². The summed E-state index contributed by atoms with van der Waals surface area (Å²) < 4.78 is 11.5. The molecule has 1 aliphatic rings. The molecule has 0 N–H and O–H groups in total. The standard InChI is InChI=1S/C25H19NO3S/c27-17-22-23-24(29-16-15-28-23)25(30-22)18-11-13-21(14-12-18)26(19-7-3-1-4-8-19)20-9-5-2-6-10-20/h1-14,17H,15-16H2. The fourth-order valence-electron chi connectivity index (χ4n) is 3.60. The highest BCUT2D eigenvalue weighted by Gasteiger charge is 2.25. The van der Waals surface area contributed by atoms with E-state index in [-0.39, 0.29) is 0 Å². The van der Waals surface area contributed by atoms with Gasteiger partial charge in [-0.3, -0.25) is 4.79 Å². The molecule has 0 amide bonds. The first kappa shape index (κ1) is 18.5. The fraction of sp³-hybridized carbons (Fsp3) is 0.0800. The summed E-state index contributed by atoms with van der Waals surface area (Å²) in [7, 11) is 0. The van der Waals surface area contributed by atoms with Crippen LogP contribution in [-0.2, 0) is 0 Å². The molecule has 1 aliphatic heterocycles. The van der Waals surface area contributed by atoms with Crippen molar-refractivity contribution in [2.45, 2.75) is 0 Å². The lowest BCUT2D eigenvalue weighted by atomic mass is 10.1. The molecule has 0 unspecified atom stereocenters. The lowest BCUT2D eigenvalue weighted by Gasteiger charge is -2.25. The maximum atomic E-state index is 11.4. The Bertz CT molecular complexity index is 1110. The van der Waals surface area contributed by atoms with E-state index < -0.39 is 0 Å². The van der Waals surface area contributed by atoms with E-state index in [0.29, 0.717) is 29.6 Å². The van der Waals surface area contributed by atoms with Crippen LogP contribution in [0.4, 0.5) is 17.1 Å². The minimum Gasteiger partial charge on any atom is -0.485 e. The first-order valence-electron chi connectivity index (χ1n) is 9.73. The van der Waals surface area contributed by atoms with Crippen molar-refractivity contribution >= 4 is 34.7 Å². The molecule has 1 aromatic heterocycles. The van der Waals surface area contributed by atoms with E-state index >= 15 is 0 Å². The predicted molar refractivity (Wildman–Crippen MR) is 121 cm³/mol. The number of hydrogen-bond donors (Lipinski definition) is 0.